The van der Waals surface area contributed by atoms with Crippen molar-refractivity contribution in [1.29, 1.82) is 0 Å². The monoisotopic (exact) mass is 248 g/mol. The lowest BCUT2D eigenvalue weighted by atomic mass is 9.82. The molecule has 0 amide bonds. The first kappa shape index (κ1) is 13.6. The van der Waals surface area contributed by atoms with Crippen molar-refractivity contribution in [3.63, 3.8) is 0 Å². The van der Waals surface area contributed by atoms with E-state index in [9.17, 15) is 5.11 Å². The molecule has 1 N–H and O–H groups in total. The van der Waals surface area contributed by atoms with Gasteiger partial charge in [-0.15, -0.1) is 0 Å². The average Bonchev–Trinajstić information content (AvgIpc) is 2.41. The average molecular weight is 248 g/mol. The molecule has 0 spiro atoms. The fourth-order valence-electron chi connectivity index (χ4n) is 2.83. The third-order valence-electron chi connectivity index (χ3n) is 3.72. The first-order valence-electron chi connectivity index (χ1n) is 7.12. The van der Waals surface area contributed by atoms with Crippen LogP contribution < -0.4 is 0 Å². The van der Waals surface area contributed by atoms with Gasteiger partial charge in [0.2, 0.25) is 0 Å². The maximum Gasteiger partial charge on any atom is 0.0854 e. The van der Waals surface area contributed by atoms with Gasteiger partial charge < -0.3 is 9.84 Å². The number of rotatable bonds is 5. The summed E-state index contributed by atoms with van der Waals surface area (Å²) in [7, 11) is 0. The van der Waals surface area contributed by atoms with Gasteiger partial charge in [-0.05, 0) is 31.2 Å². The summed E-state index contributed by atoms with van der Waals surface area (Å²) in [5.41, 5.74) is 1.25. The molecule has 100 valence electrons. The molecule has 1 fully saturated rings. The van der Waals surface area contributed by atoms with Crippen molar-refractivity contribution in [2.45, 2.75) is 51.2 Å². The molecule has 0 saturated heterocycles. The van der Waals surface area contributed by atoms with E-state index in [0.29, 0.717) is 12.5 Å². The van der Waals surface area contributed by atoms with Crippen LogP contribution in [-0.4, -0.2) is 17.8 Å². The Morgan fingerprint density at radius 2 is 1.83 bits per heavy atom. The summed E-state index contributed by atoms with van der Waals surface area (Å²) in [6, 6.07) is 10.5. The molecular weight excluding hydrogens is 224 g/mol. The van der Waals surface area contributed by atoms with Crippen LogP contribution >= 0.6 is 0 Å². The highest BCUT2D eigenvalue weighted by Crippen LogP contribution is 2.36. The van der Waals surface area contributed by atoms with Gasteiger partial charge in [-0.1, -0.05) is 49.6 Å². The predicted molar refractivity (Wildman–Crippen MR) is 73.4 cm³/mol. The van der Waals surface area contributed by atoms with Crippen molar-refractivity contribution < 1.29 is 9.84 Å². The van der Waals surface area contributed by atoms with E-state index in [1.54, 1.807) is 6.92 Å². The van der Waals surface area contributed by atoms with Crippen LogP contribution in [0, 0.1) is 5.92 Å². The Labute approximate surface area is 110 Å². The highest BCUT2D eigenvalue weighted by Gasteiger charge is 2.25. The Bertz CT molecular complexity index is 328. The van der Waals surface area contributed by atoms with E-state index in [1.807, 2.05) is 6.07 Å². The number of ether oxygens (including phenoxy) is 1. The molecule has 0 bridgehead atoms. The van der Waals surface area contributed by atoms with Crippen LogP contribution in [0.25, 0.3) is 0 Å². The maximum atomic E-state index is 9.42. The summed E-state index contributed by atoms with van der Waals surface area (Å²) in [4.78, 5) is 0. The second-order valence-corrected chi connectivity index (χ2v) is 5.41. The van der Waals surface area contributed by atoms with Gasteiger partial charge in [-0.2, -0.15) is 0 Å². The van der Waals surface area contributed by atoms with E-state index < -0.39 is 0 Å². The molecule has 2 nitrogen and oxygen atoms in total. The molecule has 1 aromatic carbocycles. The van der Waals surface area contributed by atoms with Crippen LogP contribution in [0.5, 0.6) is 0 Å². The number of benzene rings is 1. The van der Waals surface area contributed by atoms with E-state index in [1.165, 1.54) is 37.7 Å². The fraction of sp³-hybridized carbons (Fsp3) is 0.625. The van der Waals surface area contributed by atoms with Gasteiger partial charge in [-0.3, -0.25) is 0 Å². The van der Waals surface area contributed by atoms with Gasteiger partial charge in [0.05, 0.1) is 18.8 Å². The summed E-state index contributed by atoms with van der Waals surface area (Å²) in [5, 5.41) is 9.42. The van der Waals surface area contributed by atoms with E-state index >= 15 is 0 Å². The SMILES string of the molecule is CC(O)COC(c1ccccc1)C1CCCCC1. The van der Waals surface area contributed by atoms with Crippen molar-refractivity contribution in [3.05, 3.63) is 35.9 Å². The van der Waals surface area contributed by atoms with Crippen molar-refractivity contribution >= 4 is 0 Å². The smallest absolute Gasteiger partial charge is 0.0854 e. The Balaban J connectivity index is 2.06. The van der Waals surface area contributed by atoms with Crippen molar-refractivity contribution in [2.24, 2.45) is 5.92 Å². The van der Waals surface area contributed by atoms with Gasteiger partial charge in [0, 0.05) is 0 Å². The number of aliphatic hydroxyl groups is 1. The zero-order valence-corrected chi connectivity index (χ0v) is 11.2. The first-order valence-corrected chi connectivity index (χ1v) is 7.12. The number of aliphatic hydroxyl groups excluding tert-OH is 1. The minimum atomic E-state index is -0.389. The first-order chi connectivity index (χ1) is 8.77. The lowest BCUT2D eigenvalue weighted by Crippen LogP contribution is -2.22. The topological polar surface area (TPSA) is 29.5 Å². The van der Waals surface area contributed by atoms with Gasteiger partial charge in [0.1, 0.15) is 0 Å². The predicted octanol–water partition coefficient (Wildman–Crippen LogP) is 3.71. The van der Waals surface area contributed by atoms with Crippen molar-refractivity contribution in [1.82, 2.24) is 0 Å². The lowest BCUT2D eigenvalue weighted by Gasteiger charge is -2.31. The van der Waals surface area contributed by atoms with Crippen molar-refractivity contribution in [2.75, 3.05) is 6.61 Å². The third kappa shape index (κ3) is 3.82. The molecule has 0 radical (unpaired) electrons. The second-order valence-electron chi connectivity index (χ2n) is 5.41. The molecule has 0 aliphatic heterocycles. The summed E-state index contributed by atoms with van der Waals surface area (Å²) >= 11 is 0. The lowest BCUT2D eigenvalue weighted by molar-refractivity contribution is -0.0392. The Morgan fingerprint density at radius 1 is 1.17 bits per heavy atom. The maximum absolute atomic E-state index is 9.42. The zero-order chi connectivity index (χ0) is 12.8. The van der Waals surface area contributed by atoms with E-state index in [4.69, 9.17) is 4.74 Å². The van der Waals surface area contributed by atoms with E-state index in [-0.39, 0.29) is 12.2 Å². The molecule has 0 heterocycles. The molecule has 1 aliphatic rings. The summed E-state index contributed by atoms with van der Waals surface area (Å²) in [6.45, 7) is 2.21. The Hall–Kier alpha value is -0.860. The molecule has 2 rings (SSSR count). The van der Waals surface area contributed by atoms with Crippen molar-refractivity contribution in [3.8, 4) is 0 Å². The second kappa shape index (κ2) is 6.91. The fourth-order valence-corrected chi connectivity index (χ4v) is 2.83. The van der Waals surface area contributed by atoms with Gasteiger partial charge in [0.25, 0.3) is 0 Å². The highest BCUT2D eigenvalue weighted by molar-refractivity contribution is 5.18. The molecule has 1 saturated carbocycles. The summed E-state index contributed by atoms with van der Waals surface area (Å²) in [6.07, 6.45) is 6.24. The van der Waals surface area contributed by atoms with Crippen LogP contribution in [0.3, 0.4) is 0 Å². The van der Waals surface area contributed by atoms with E-state index in [0.717, 1.165) is 0 Å². The highest BCUT2D eigenvalue weighted by atomic mass is 16.5. The minimum absolute atomic E-state index is 0.154. The third-order valence-corrected chi connectivity index (χ3v) is 3.72. The van der Waals surface area contributed by atoms with Crippen LogP contribution in [0.4, 0.5) is 0 Å². The molecule has 1 aliphatic carbocycles. The molecule has 2 heteroatoms. The summed E-state index contributed by atoms with van der Waals surface area (Å²) < 4.78 is 5.98. The minimum Gasteiger partial charge on any atom is -0.391 e. The standard InChI is InChI=1S/C16H24O2/c1-13(17)12-18-16(14-8-4-2-5-9-14)15-10-6-3-7-11-15/h2,4-5,8-9,13,15-17H,3,6-7,10-12H2,1H3. The van der Waals surface area contributed by atoms with Crippen LogP contribution in [0.15, 0.2) is 30.3 Å². The van der Waals surface area contributed by atoms with Crippen LogP contribution in [-0.2, 0) is 4.74 Å². The molecule has 2 unspecified atom stereocenters. The molecule has 18 heavy (non-hydrogen) atoms. The molecule has 0 aromatic heterocycles. The molecule has 2 atom stereocenters. The number of hydrogen-bond acceptors (Lipinski definition) is 2. The number of hydrogen-bond donors (Lipinski definition) is 1. The van der Waals surface area contributed by atoms with Crippen LogP contribution in [0.2, 0.25) is 0 Å². The van der Waals surface area contributed by atoms with Gasteiger partial charge in [-0.25, -0.2) is 0 Å². The molecule has 1 aromatic rings. The largest absolute Gasteiger partial charge is 0.391 e. The van der Waals surface area contributed by atoms with E-state index in [2.05, 4.69) is 24.3 Å². The zero-order valence-electron chi connectivity index (χ0n) is 11.2. The van der Waals surface area contributed by atoms with Gasteiger partial charge >= 0.3 is 0 Å². The van der Waals surface area contributed by atoms with Gasteiger partial charge in [0.15, 0.2) is 0 Å². The normalized spacial score (nSPS) is 20.6. The molecular formula is C16H24O2. The van der Waals surface area contributed by atoms with Crippen LogP contribution in [0.1, 0.15) is 50.7 Å². The quantitative estimate of drug-likeness (QED) is 0.861. The Morgan fingerprint density at radius 3 is 2.44 bits per heavy atom. The summed E-state index contributed by atoms with van der Waals surface area (Å²) in [5.74, 6) is 0.611. The Kier molecular flexibility index (Phi) is 5.21.